The van der Waals surface area contributed by atoms with Crippen molar-refractivity contribution in [3.63, 3.8) is 0 Å². The van der Waals surface area contributed by atoms with Crippen LogP contribution in [-0.4, -0.2) is 42.2 Å². The predicted octanol–water partition coefficient (Wildman–Crippen LogP) is 3.72. The third kappa shape index (κ3) is 6.26. The Balaban J connectivity index is 1.82. The van der Waals surface area contributed by atoms with E-state index in [9.17, 15) is 9.90 Å². The highest BCUT2D eigenvalue weighted by atomic mass is 16.7. The number of aliphatic hydroxyl groups excluding tert-OH is 1. The van der Waals surface area contributed by atoms with Gasteiger partial charge in [-0.3, -0.25) is 4.79 Å². The summed E-state index contributed by atoms with van der Waals surface area (Å²) < 4.78 is 12.9. The van der Waals surface area contributed by atoms with Crippen molar-refractivity contribution in [2.24, 2.45) is 5.92 Å². The van der Waals surface area contributed by atoms with Gasteiger partial charge in [0, 0.05) is 38.0 Å². The highest BCUT2D eigenvalue weighted by molar-refractivity contribution is 5.72. The lowest BCUT2D eigenvalue weighted by Crippen LogP contribution is -2.43. The lowest BCUT2D eigenvalue weighted by molar-refractivity contribution is -0.275. The average molecular weight is 439 g/mol. The second-order valence-electron chi connectivity index (χ2n) is 8.48. The molecule has 4 unspecified atom stereocenters. The molecule has 2 aromatic carbocycles. The minimum absolute atomic E-state index is 0.0207. The van der Waals surface area contributed by atoms with E-state index in [0.29, 0.717) is 6.54 Å². The molecule has 6 heteroatoms. The second-order valence-corrected chi connectivity index (χ2v) is 8.48. The fourth-order valence-electron chi connectivity index (χ4n) is 3.95. The fraction of sp³-hybridized carbons (Fsp3) is 0.423. The molecule has 1 amide bonds. The van der Waals surface area contributed by atoms with Crippen LogP contribution in [-0.2, 0) is 27.4 Å². The van der Waals surface area contributed by atoms with Crippen molar-refractivity contribution >= 4 is 5.91 Å². The van der Waals surface area contributed by atoms with Crippen LogP contribution in [0.25, 0.3) is 0 Å². The SMILES string of the molecule is C=CCN(C)CC1OC(c2ccc(CNC(C)=O)cc2)OC(c2ccc(CO)cc2)C1C. The Kier molecular flexibility index (Phi) is 8.59. The van der Waals surface area contributed by atoms with Crippen LogP contribution in [0.15, 0.2) is 61.2 Å². The lowest BCUT2D eigenvalue weighted by Gasteiger charge is -2.42. The molecule has 3 rings (SSSR count). The maximum Gasteiger partial charge on any atom is 0.217 e. The van der Waals surface area contributed by atoms with Gasteiger partial charge in [-0.2, -0.15) is 0 Å². The number of carbonyl (C=O) groups is 1. The largest absolute Gasteiger partial charge is 0.392 e. The van der Waals surface area contributed by atoms with E-state index in [4.69, 9.17) is 9.47 Å². The predicted molar refractivity (Wildman–Crippen MR) is 125 cm³/mol. The molecular weight excluding hydrogens is 404 g/mol. The second kappa shape index (κ2) is 11.4. The summed E-state index contributed by atoms with van der Waals surface area (Å²) in [4.78, 5) is 13.4. The molecule has 172 valence electrons. The number of nitrogens with zero attached hydrogens (tertiary/aromatic N) is 1. The van der Waals surface area contributed by atoms with Crippen molar-refractivity contribution in [2.45, 2.75) is 45.5 Å². The van der Waals surface area contributed by atoms with Crippen LogP contribution in [0.3, 0.4) is 0 Å². The molecule has 1 aliphatic rings. The molecule has 0 spiro atoms. The van der Waals surface area contributed by atoms with E-state index in [-0.39, 0.29) is 30.6 Å². The van der Waals surface area contributed by atoms with E-state index in [1.165, 1.54) is 6.92 Å². The van der Waals surface area contributed by atoms with Crippen LogP contribution in [0.2, 0.25) is 0 Å². The highest BCUT2D eigenvalue weighted by Crippen LogP contribution is 2.41. The molecule has 0 radical (unpaired) electrons. The van der Waals surface area contributed by atoms with Gasteiger partial charge in [-0.15, -0.1) is 6.58 Å². The van der Waals surface area contributed by atoms with Crippen molar-refractivity contribution in [1.82, 2.24) is 10.2 Å². The number of hydrogen-bond donors (Lipinski definition) is 2. The van der Waals surface area contributed by atoms with Gasteiger partial charge in [0.1, 0.15) is 0 Å². The van der Waals surface area contributed by atoms with Crippen molar-refractivity contribution in [2.75, 3.05) is 20.1 Å². The van der Waals surface area contributed by atoms with Gasteiger partial charge in [0.25, 0.3) is 0 Å². The normalized spacial score (nSPS) is 23.2. The van der Waals surface area contributed by atoms with E-state index >= 15 is 0 Å². The first-order valence-electron chi connectivity index (χ1n) is 11.0. The first kappa shape index (κ1) is 24.1. The molecular formula is C26H34N2O4. The van der Waals surface area contributed by atoms with Crippen LogP contribution in [0.1, 0.15) is 48.5 Å². The van der Waals surface area contributed by atoms with Gasteiger partial charge >= 0.3 is 0 Å². The zero-order chi connectivity index (χ0) is 23.1. The van der Waals surface area contributed by atoms with E-state index in [0.717, 1.165) is 35.3 Å². The monoisotopic (exact) mass is 438 g/mol. The zero-order valence-electron chi connectivity index (χ0n) is 19.2. The average Bonchev–Trinajstić information content (AvgIpc) is 2.79. The molecule has 0 aromatic heterocycles. The van der Waals surface area contributed by atoms with E-state index < -0.39 is 6.29 Å². The summed E-state index contributed by atoms with van der Waals surface area (Å²) >= 11 is 0. The van der Waals surface area contributed by atoms with E-state index in [2.05, 4.69) is 30.8 Å². The molecule has 2 N–H and O–H groups in total. The number of aliphatic hydroxyl groups is 1. The van der Waals surface area contributed by atoms with Gasteiger partial charge in [0.15, 0.2) is 6.29 Å². The van der Waals surface area contributed by atoms with Crippen molar-refractivity contribution in [3.8, 4) is 0 Å². The molecule has 6 nitrogen and oxygen atoms in total. The molecule has 0 saturated carbocycles. The van der Waals surface area contributed by atoms with E-state index in [1.807, 2.05) is 54.6 Å². The molecule has 1 fully saturated rings. The van der Waals surface area contributed by atoms with Gasteiger partial charge < -0.3 is 24.8 Å². The summed E-state index contributed by atoms with van der Waals surface area (Å²) in [5.41, 5.74) is 3.91. The molecule has 1 saturated heterocycles. The fourth-order valence-corrected chi connectivity index (χ4v) is 3.95. The maximum atomic E-state index is 11.2. The minimum atomic E-state index is -0.495. The maximum absolute atomic E-state index is 11.2. The summed E-state index contributed by atoms with van der Waals surface area (Å²) in [7, 11) is 2.06. The smallest absolute Gasteiger partial charge is 0.217 e. The Labute approximate surface area is 190 Å². The minimum Gasteiger partial charge on any atom is -0.392 e. The Bertz CT molecular complexity index is 882. The molecule has 1 aliphatic heterocycles. The number of amides is 1. The van der Waals surface area contributed by atoms with Crippen molar-refractivity contribution in [1.29, 1.82) is 0 Å². The number of benzene rings is 2. The first-order chi connectivity index (χ1) is 15.4. The number of hydrogen-bond acceptors (Lipinski definition) is 5. The van der Waals surface area contributed by atoms with Crippen molar-refractivity contribution < 1.29 is 19.4 Å². The van der Waals surface area contributed by atoms with Crippen LogP contribution >= 0.6 is 0 Å². The molecule has 2 aromatic rings. The van der Waals surface area contributed by atoms with Crippen molar-refractivity contribution in [3.05, 3.63) is 83.4 Å². The summed E-state index contributed by atoms with van der Waals surface area (Å²) in [5.74, 6) is 0.0843. The Morgan fingerprint density at radius 2 is 1.72 bits per heavy atom. The van der Waals surface area contributed by atoms with Crippen LogP contribution in [0, 0.1) is 5.92 Å². The molecule has 1 heterocycles. The van der Waals surface area contributed by atoms with Crippen LogP contribution < -0.4 is 5.32 Å². The summed E-state index contributed by atoms with van der Waals surface area (Å²) in [5, 5.41) is 12.2. The molecule has 0 bridgehead atoms. The zero-order valence-corrected chi connectivity index (χ0v) is 19.2. The molecule has 4 atom stereocenters. The number of likely N-dealkylation sites (N-methyl/N-ethyl adjacent to an activating group) is 1. The number of rotatable bonds is 9. The number of ether oxygens (including phenoxy) is 2. The first-order valence-corrected chi connectivity index (χ1v) is 11.0. The van der Waals surface area contributed by atoms with Gasteiger partial charge in [-0.1, -0.05) is 61.5 Å². The quantitative estimate of drug-likeness (QED) is 0.584. The van der Waals surface area contributed by atoms with Gasteiger partial charge in [0.05, 0.1) is 18.8 Å². The molecule has 0 aliphatic carbocycles. The summed E-state index contributed by atoms with van der Waals surface area (Å²) in [6.45, 7) is 9.56. The standard InChI is InChI=1S/C26H34N2O4/c1-5-14-28(4)16-24-18(2)25(22-10-8-21(17-29)9-11-22)32-26(31-24)23-12-6-20(7-13-23)15-27-19(3)30/h5-13,18,24-26,29H,1,14-17H2,2-4H3,(H,27,30). The Morgan fingerprint density at radius 1 is 1.09 bits per heavy atom. The topological polar surface area (TPSA) is 71.0 Å². The van der Waals surface area contributed by atoms with Crippen LogP contribution in [0.5, 0.6) is 0 Å². The Hall–Kier alpha value is -2.51. The Morgan fingerprint density at radius 3 is 2.31 bits per heavy atom. The highest BCUT2D eigenvalue weighted by Gasteiger charge is 2.38. The van der Waals surface area contributed by atoms with Gasteiger partial charge in [-0.05, 0) is 23.7 Å². The van der Waals surface area contributed by atoms with E-state index in [1.54, 1.807) is 0 Å². The third-order valence-electron chi connectivity index (χ3n) is 5.85. The van der Waals surface area contributed by atoms with Crippen LogP contribution in [0.4, 0.5) is 0 Å². The third-order valence-corrected chi connectivity index (χ3v) is 5.85. The lowest BCUT2D eigenvalue weighted by atomic mass is 9.90. The summed E-state index contributed by atoms with van der Waals surface area (Å²) in [6, 6.07) is 15.9. The summed E-state index contributed by atoms with van der Waals surface area (Å²) in [6.07, 6.45) is 1.23. The van der Waals surface area contributed by atoms with Gasteiger partial charge in [0.2, 0.25) is 5.91 Å². The number of nitrogens with one attached hydrogen (secondary N) is 1. The number of carbonyl (C=O) groups excluding carboxylic acids is 1. The van der Waals surface area contributed by atoms with Gasteiger partial charge in [-0.25, -0.2) is 0 Å². The molecule has 32 heavy (non-hydrogen) atoms.